The van der Waals surface area contributed by atoms with Crippen LogP contribution in [0.15, 0.2) is 79.4 Å². The van der Waals surface area contributed by atoms with Crippen LogP contribution in [0.4, 0.5) is 5.69 Å². The number of aryl methyl sites for hydroxylation is 1. The first-order valence-electron chi connectivity index (χ1n) is 9.07. The SMILES string of the molecule is Cn1cc(-c2ccc(OCc3ccccc3)c(C(=O)Nc3ccnnc3)c2)cn1. The highest BCUT2D eigenvalue weighted by atomic mass is 16.5. The second-order valence-electron chi connectivity index (χ2n) is 6.47. The fourth-order valence-electron chi connectivity index (χ4n) is 2.88. The van der Waals surface area contributed by atoms with Crippen LogP contribution in [-0.2, 0) is 13.7 Å². The van der Waals surface area contributed by atoms with Crippen molar-refractivity contribution in [3.63, 3.8) is 0 Å². The molecule has 0 radical (unpaired) electrons. The van der Waals surface area contributed by atoms with Crippen LogP contribution in [0.25, 0.3) is 11.1 Å². The number of hydrogen-bond acceptors (Lipinski definition) is 5. The highest BCUT2D eigenvalue weighted by Crippen LogP contribution is 2.28. The topological polar surface area (TPSA) is 81.9 Å². The van der Waals surface area contributed by atoms with Crippen molar-refractivity contribution < 1.29 is 9.53 Å². The maximum absolute atomic E-state index is 13.0. The Morgan fingerprint density at radius 1 is 1.03 bits per heavy atom. The Morgan fingerprint density at radius 2 is 1.90 bits per heavy atom. The zero-order chi connectivity index (χ0) is 20.1. The number of ether oxygens (including phenoxy) is 1. The van der Waals surface area contributed by atoms with E-state index in [2.05, 4.69) is 20.6 Å². The standard InChI is InChI=1S/C22H19N5O2/c1-27-14-18(12-25-27)17-7-8-21(29-15-16-5-3-2-4-6-16)20(11-17)22(28)26-19-9-10-23-24-13-19/h2-14H,15H2,1H3,(H,23,26,28). The number of hydrogen-bond donors (Lipinski definition) is 1. The molecule has 0 unspecified atom stereocenters. The summed E-state index contributed by atoms with van der Waals surface area (Å²) in [6, 6.07) is 17.0. The molecule has 0 atom stereocenters. The Balaban J connectivity index is 1.64. The van der Waals surface area contributed by atoms with E-state index in [1.807, 2.05) is 55.7 Å². The van der Waals surface area contributed by atoms with Gasteiger partial charge in [-0.05, 0) is 29.3 Å². The number of carbonyl (C=O) groups excluding carboxylic acids is 1. The van der Waals surface area contributed by atoms with E-state index in [1.165, 1.54) is 12.4 Å². The van der Waals surface area contributed by atoms with Gasteiger partial charge in [0.25, 0.3) is 5.91 Å². The molecule has 4 rings (SSSR count). The highest BCUT2D eigenvalue weighted by Gasteiger charge is 2.16. The number of nitrogens with zero attached hydrogens (tertiary/aromatic N) is 4. The minimum absolute atomic E-state index is 0.285. The first-order chi connectivity index (χ1) is 14.2. The van der Waals surface area contributed by atoms with E-state index in [1.54, 1.807) is 23.0 Å². The van der Waals surface area contributed by atoms with Crippen LogP contribution in [0, 0.1) is 0 Å². The average Bonchev–Trinajstić information content (AvgIpc) is 3.20. The van der Waals surface area contributed by atoms with E-state index in [-0.39, 0.29) is 5.91 Å². The van der Waals surface area contributed by atoms with Crippen molar-refractivity contribution in [2.24, 2.45) is 7.05 Å². The molecule has 7 nitrogen and oxygen atoms in total. The normalized spacial score (nSPS) is 10.5. The Labute approximate surface area is 168 Å². The van der Waals surface area contributed by atoms with Crippen molar-refractivity contribution in [3.8, 4) is 16.9 Å². The fraction of sp³-hybridized carbons (Fsp3) is 0.0909. The van der Waals surface area contributed by atoms with Gasteiger partial charge >= 0.3 is 0 Å². The van der Waals surface area contributed by atoms with Crippen LogP contribution >= 0.6 is 0 Å². The summed E-state index contributed by atoms with van der Waals surface area (Å²) in [5.74, 6) is 0.216. The third-order valence-corrected chi connectivity index (χ3v) is 4.34. The molecule has 1 N–H and O–H groups in total. The van der Waals surface area contributed by atoms with Gasteiger partial charge in [0.15, 0.2) is 0 Å². The molecule has 0 fully saturated rings. The minimum Gasteiger partial charge on any atom is -0.488 e. The lowest BCUT2D eigenvalue weighted by molar-refractivity contribution is 0.102. The van der Waals surface area contributed by atoms with Gasteiger partial charge in [-0.3, -0.25) is 9.48 Å². The van der Waals surface area contributed by atoms with Crippen molar-refractivity contribution in [2.75, 3.05) is 5.32 Å². The molecular formula is C22H19N5O2. The van der Waals surface area contributed by atoms with Crippen molar-refractivity contribution >= 4 is 11.6 Å². The van der Waals surface area contributed by atoms with Crippen molar-refractivity contribution in [2.45, 2.75) is 6.61 Å². The number of rotatable bonds is 6. The molecule has 0 aliphatic carbocycles. The van der Waals surface area contributed by atoms with Crippen molar-refractivity contribution in [3.05, 3.63) is 90.5 Å². The van der Waals surface area contributed by atoms with Gasteiger partial charge in [0, 0.05) is 18.8 Å². The second kappa shape index (κ2) is 8.35. The van der Waals surface area contributed by atoms with E-state index in [9.17, 15) is 4.79 Å². The number of nitrogens with one attached hydrogen (secondary N) is 1. The zero-order valence-electron chi connectivity index (χ0n) is 15.8. The summed E-state index contributed by atoms with van der Waals surface area (Å²) in [6.45, 7) is 0.365. The van der Waals surface area contributed by atoms with E-state index in [0.29, 0.717) is 23.6 Å². The lowest BCUT2D eigenvalue weighted by Gasteiger charge is -2.13. The molecule has 2 aromatic carbocycles. The van der Waals surface area contributed by atoms with Crippen LogP contribution in [-0.4, -0.2) is 25.9 Å². The Hall–Kier alpha value is -4.00. The van der Waals surface area contributed by atoms with Gasteiger partial charge in [0.05, 0.1) is 29.8 Å². The molecule has 0 aliphatic rings. The average molecular weight is 385 g/mol. The number of aromatic nitrogens is 4. The summed E-state index contributed by atoms with van der Waals surface area (Å²) in [5, 5.41) is 14.6. The highest BCUT2D eigenvalue weighted by molar-refractivity contribution is 6.06. The predicted molar refractivity (Wildman–Crippen MR) is 109 cm³/mol. The van der Waals surface area contributed by atoms with Crippen molar-refractivity contribution in [1.29, 1.82) is 0 Å². The van der Waals surface area contributed by atoms with Gasteiger partial charge in [-0.25, -0.2) is 0 Å². The van der Waals surface area contributed by atoms with E-state index >= 15 is 0 Å². The van der Waals surface area contributed by atoms with E-state index < -0.39 is 0 Å². The maximum atomic E-state index is 13.0. The maximum Gasteiger partial charge on any atom is 0.259 e. The molecule has 1 amide bonds. The molecule has 29 heavy (non-hydrogen) atoms. The fourth-order valence-corrected chi connectivity index (χ4v) is 2.88. The molecule has 7 heteroatoms. The van der Waals surface area contributed by atoms with Crippen LogP contribution in [0.5, 0.6) is 5.75 Å². The van der Waals surface area contributed by atoms with Gasteiger partial charge in [-0.15, -0.1) is 0 Å². The molecule has 2 heterocycles. The Bertz CT molecular complexity index is 1110. The summed E-state index contributed by atoms with van der Waals surface area (Å²) < 4.78 is 7.69. The number of anilines is 1. The summed E-state index contributed by atoms with van der Waals surface area (Å²) in [5.41, 5.74) is 3.81. The largest absolute Gasteiger partial charge is 0.488 e. The first kappa shape index (κ1) is 18.4. The molecule has 144 valence electrons. The van der Waals surface area contributed by atoms with E-state index in [4.69, 9.17) is 4.74 Å². The van der Waals surface area contributed by atoms with Gasteiger partial charge in [-0.2, -0.15) is 15.3 Å². The Morgan fingerprint density at radius 3 is 2.62 bits per heavy atom. The number of amides is 1. The molecule has 0 saturated carbocycles. The lowest BCUT2D eigenvalue weighted by atomic mass is 10.0. The van der Waals surface area contributed by atoms with Crippen molar-refractivity contribution in [1.82, 2.24) is 20.0 Å². The summed E-state index contributed by atoms with van der Waals surface area (Å²) in [7, 11) is 1.85. The lowest BCUT2D eigenvalue weighted by Crippen LogP contribution is -2.14. The van der Waals surface area contributed by atoms with Gasteiger partial charge in [-0.1, -0.05) is 36.4 Å². The smallest absolute Gasteiger partial charge is 0.259 e. The summed E-state index contributed by atoms with van der Waals surface area (Å²) in [6.07, 6.45) is 6.67. The molecule has 0 saturated heterocycles. The van der Waals surface area contributed by atoms with Gasteiger partial charge < -0.3 is 10.1 Å². The Kier molecular flexibility index (Phi) is 5.29. The van der Waals surface area contributed by atoms with Crippen LogP contribution in [0.1, 0.15) is 15.9 Å². The quantitative estimate of drug-likeness (QED) is 0.547. The van der Waals surface area contributed by atoms with Gasteiger partial charge in [0.1, 0.15) is 12.4 Å². The molecule has 2 aromatic heterocycles. The molecule has 0 spiro atoms. The predicted octanol–water partition coefficient (Wildman–Crippen LogP) is 3.71. The molecule has 0 aliphatic heterocycles. The third-order valence-electron chi connectivity index (χ3n) is 4.34. The summed E-state index contributed by atoms with van der Waals surface area (Å²) >= 11 is 0. The van der Waals surface area contributed by atoms with Crippen LogP contribution in [0.2, 0.25) is 0 Å². The first-order valence-corrected chi connectivity index (χ1v) is 9.07. The number of carbonyl (C=O) groups is 1. The van der Waals surface area contributed by atoms with Crippen LogP contribution in [0.3, 0.4) is 0 Å². The second-order valence-corrected chi connectivity index (χ2v) is 6.47. The monoisotopic (exact) mass is 385 g/mol. The van der Waals surface area contributed by atoms with Gasteiger partial charge in [0.2, 0.25) is 0 Å². The number of benzene rings is 2. The summed E-state index contributed by atoms with van der Waals surface area (Å²) in [4.78, 5) is 13.0. The third kappa shape index (κ3) is 4.47. The molecule has 0 bridgehead atoms. The van der Waals surface area contributed by atoms with Crippen LogP contribution < -0.4 is 10.1 Å². The van der Waals surface area contributed by atoms with E-state index in [0.717, 1.165) is 16.7 Å². The minimum atomic E-state index is -0.285. The molecule has 4 aromatic rings. The molecular weight excluding hydrogens is 366 g/mol. The zero-order valence-corrected chi connectivity index (χ0v) is 15.8.